The van der Waals surface area contributed by atoms with Crippen molar-refractivity contribution in [2.24, 2.45) is 0 Å². The molecule has 0 amide bonds. The number of hydrogen-bond acceptors (Lipinski definition) is 5. The fraction of sp³-hybridized carbons (Fsp3) is 0.412. The van der Waals surface area contributed by atoms with Gasteiger partial charge in [-0.25, -0.2) is 14.3 Å². The zero-order valence-corrected chi connectivity index (χ0v) is 13.6. The molecule has 2 aromatic rings. The van der Waals surface area contributed by atoms with Gasteiger partial charge in [0, 0.05) is 37.1 Å². The van der Waals surface area contributed by atoms with Gasteiger partial charge in [0.05, 0.1) is 6.17 Å². The predicted molar refractivity (Wildman–Crippen MR) is 86.9 cm³/mol. The molecule has 0 aliphatic carbocycles. The number of likely N-dealkylation sites (N-methyl/N-ethyl adjacent to an activating group) is 2. The average Bonchev–Trinajstić information content (AvgIpc) is 3.20. The van der Waals surface area contributed by atoms with Crippen LogP contribution < -0.4 is 9.64 Å². The molecule has 0 radical (unpaired) electrons. The molecule has 1 fully saturated rings. The fourth-order valence-corrected chi connectivity index (χ4v) is 4.14. The van der Waals surface area contributed by atoms with E-state index in [-0.39, 0.29) is 5.41 Å². The Labute approximate surface area is 135 Å². The van der Waals surface area contributed by atoms with Crippen molar-refractivity contribution in [2.75, 3.05) is 25.5 Å². The maximum atomic E-state index is 12.1. The number of likely N-dealkylation sites (tertiary alicyclic amines) is 1. The smallest absolute Gasteiger partial charge is 0.410 e. The van der Waals surface area contributed by atoms with Crippen LogP contribution in [0.15, 0.2) is 36.9 Å². The summed E-state index contributed by atoms with van der Waals surface area (Å²) in [5, 5.41) is 0. The van der Waals surface area contributed by atoms with Crippen LogP contribution in [-0.4, -0.2) is 47.4 Å². The Morgan fingerprint density at radius 2 is 2.22 bits per heavy atom. The van der Waals surface area contributed by atoms with E-state index in [0.717, 1.165) is 13.0 Å². The molecule has 0 N–H and O–H groups in total. The molecular formula is C17H20N4O2. The number of hydrogen-bond donors (Lipinski definition) is 0. The summed E-state index contributed by atoms with van der Waals surface area (Å²) in [5.74, 6) is 0.576. The van der Waals surface area contributed by atoms with Gasteiger partial charge >= 0.3 is 6.09 Å². The van der Waals surface area contributed by atoms with Gasteiger partial charge in [-0.2, -0.15) is 0 Å². The zero-order valence-electron chi connectivity index (χ0n) is 13.6. The minimum absolute atomic E-state index is 0.0657. The highest BCUT2D eigenvalue weighted by Crippen LogP contribution is 2.51. The lowest BCUT2D eigenvalue weighted by atomic mass is 9.81. The van der Waals surface area contributed by atoms with Crippen LogP contribution in [0.1, 0.15) is 18.9 Å². The number of ether oxygens (including phenoxy) is 1. The zero-order chi connectivity index (χ0) is 16.2. The van der Waals surface area contributed by atoms with Gasteiger partial charge < -0.3 is 9.64 Å². The monoisotopic (exact) mass is 312 g/mol. The van der Waals surface area contributed by atoms with Gasteiger partial charge in [-0.3, -0.25) is 4.90 Å². The Morgan fingerprint density at radius 3 is 2.96 bits per heavy atom. The van der Waals surface area contributed by atoms with Crippen LogP contribution in [0.4, 0.5) is 10.5 Å². The average molecular weight is 312 g/mol. The highest BCUT2D eigenvalue weighted by molar-refractivity contribution is 5.74. The van der Waals surface area contributed by atoms with E-state index in [1.54, 1.807) is 12.4 Å². The molecule has 0 saturated carbocycles. The summed E-state index contributed by atoms with van der Waals surface area (Å²) in [7, 11) is 4.30. The Bertz CT molecular complexity index is 758. The van der Waals surface area contributed by atoms with Crippen molar-refractivity contribution in [3.63, 3.8) is 0 Å². The summed E-state index contributed by atoms with van der Waals surface area (Å²) in [4.78, 5) is 20.7. The maximum Gasteiger partial charge on any atom is 0.424 e. The molecule has 1 aromatic carbocycles. The molecule has 0 unspecified atom stereocenters. The molecule has 2 aliphatic heterocycles. The third kappa shape index (κ3) is 1.98. The summed E-state index contributed by atoms with van der Waals surface area (Å²) in [6.45, 7) is 3.37. The largest absolute Gasteiger partial charge is 0.424 e. The Balaban J connectivity index is 1.67. The molecule has 6 heteroatoms. The second-order valence-electron chi connectivity index (χ2n) is 6.65. The van der Waals surface area contributed by atoms with Gasteiger partial charge in [0.2, 0.25) is 0 Å². The van der Waals surface area contributed by atoms with Crippen LogP contribution in [0.3, 0.4) is 0 Å². The normalized spacial score (nSPS) is 26.2. The molecule has 0 spiro atoms. The number of rotatable bonds is 1. The van der Waals surface area contributed by atoms with E-state index in [4.69, 9.17) is 4.74 Å². The van der Waals surface area contributed by atoms with Gasteiger partial charge in [0.15, 0.2) is 0 Å². The topological polar surface area (TPSA) is 50.6 Å². The lowest BCUT2D eigenvalue weighted by Gasteiger charge is -2.32. The van der Waals surface area contributed by atoms with Crippen molar-refractivity contribution in [2.45, 2.75) is 24.9 Å². The van der Waals surface area contributed by atoms with Crippen LogP contribution in [0, 0.1) is 0 Å². The van der Waals surface area contributed by atoms with Gasteiger partial charge in [-0.1, -0.05) is 6.92 Å². The van der Waals surface area contributed by atoms with E-state index in [2.05, 4.69) is 35.8 Å². The first-order valence-electron chi connectivity index (χ1n) is 7.78. The van der Waals surface area contributed by atoms with Crippen molar-refractivity contribution < 1.29 is 9.53 Å². The third-order valence-electron chi connectivity index (χ3n) is 5.22. The first-order valence-corrected chi connectivity index (χ1v) is 7.78. The minimum atomic E-state index is -0.445. The molecular weight excluding hydrogens is 292 g/mol. The summed E-state index contributed by atoms with van der Waals surface area (Å²) in [6.07, 6.45) is 5.58. The molecule has 23 heavy (non-hydrogen) atoms. The number of benzene rings is 1. The van der Waals surface area contributed by atoms with E-state index in [1.165, 1.54) is 22.1 Å². The van der Waals surface area contributed by atoms with Crippen molar-refractivity contribution in [1.29, 1.82) is 0 Å². The highest BCUT2D eigenvalue weighted by Gasteiger charge is 2.52. The molecule has 3 heterocycles. The molecule has 1 aromatic heterocycles. The number of anilines is 1. The maximum absolute atomic E-state index is 12.1. The van der Waals surface area contributed by atoms with Gasteiger partial charge in [0.1, 0.15) is 12.1 Å². The number of carbonyl (C=O) groups excluding carboxylic acids is 1. The van der Waals surface area contributed by atoms with E-state index >= 15 is 0 Å². The van der Waals surface area contributed by atoms with E-state index in [0.29, 0.717) is 11.9 Å². The number of imidazole rings is 1. The third-order valence-corrected chi connectivity index (χ3v) is 5.22. The number of carbonyl (C=O) groups is 1. The molecule has 1 saturated heterocycles. The SMILES string of the molecule is CN1CC[C@]2(C)c3cc(OC(=O)n4ccnc4)ccc3N(C)[C@H]12. The lowest BCUT2D eigenvalue weighted by Crippen LogP contribution is -2.45. The summed E-state index contributed by atoms with van der Waals surface area (Å²) < 4.78 is 6.82. The molecule has 6 nitrogen and oxygen atoms in total. The number of fused-ring (bicyclic) bond motifs is 3. The summed E-state index contributed by atoms with van der Waals surface area (Å²) in [6, 6.07) is 5.91. The quantitative estimate of drug-likeness (QED) is 0.809. The van der Waals surface area contributed by atoms with Crippen molar-refractivity contribution in [1.82, 2.24) is 14.5 Å². The molecule has 120 valence electrons. The summed E-state index contributed by atoms with van der Waals surface area (Å²) in [5.41, 5.74) is 2.53. The Hall–Kier alpha value is -2.34. The van der Waals surface area contributed by atoms with Crippen LogP contribution in [-0.2, 0) is 5.41 Å². The first kappa shape index (κ1) is 14.3. The first-order chi connectivity index (χ1) is 11.0. The molecule has 2 atom stereocenters. The van der Waals surface area contributed by atoms with Crippen LogP contribution in [0.25, 0.3) is 0 Å². The molecule has 0 bridgehead atoms. The number of aromatic nitrogens is 2. The van der Waals surface area contributed by atoms with E-state index < -0.39 is 6.09 Å². The van der Waals surface area contributed by atoms with Gasteiger partial charge in [0.25, 0.3) is 0 Å². The van der Waals surface area contributed by atoms with Crippen molar-refractivity contribution >= 4 is 11.8 Å². The second kappa shape index (κ2) is 4.83. The minimum Gasteiger partial charge on any atom is -0.410 e. The number of nitrogens with zero attached hydrogens (tertiary/aromatic N) is 4. The Morgan fingerprint density at radius 1 is 1.39 bits per heavy atom. The van der Waals surface area contributed by atoms with Crippen molar-refractivity contribution in [3.8, 4) is 5.75 Å². The lowest BCUT2D eigenvalue weighted by molar-refractivity contribution is 0.202. The summed E-state index contributed by atoms with van der Waals surface area (Å²) >= 11 is 0. The van der Waals surface area contributed by atoms with Crippen LogP contribution in [0.5, 0.6) is 5.75 Å². The highest BCUT2D eigenvalue weighted by atomic mass is 16.6. The van der Waals surface area contributed by atoms with Crippen LogP contribution in [0.2, 0.25) is 0 Å². The molecule has 4 rings (SSSR count). The fourth-order valence-electron chi connectivity index (χ4n) is 4.14. The second-order valence-corrected chi connectivity index (χ2v) is 6.65. The standard InChI is InChI=1S/C17H20N4O2/c1-17-6-8-19(2)15(17)20(3)14-5-4-12(10-13(14)17)23-16(22)21-9-7-18-11-21/h4-5,7,9-11,15H,6,8H2,1-3H3/t15-,17+/m0/s1. The van der Waals surface area contributed by atoms with E-state index in [9.17, 15) is 4.79 Å². The molecule has 2 aliphatic rings. The van der Waals surface area contributed by atoms with E-state index in [1.807, 2.05) is 18.2 Å². The van der Waals surface area contributed by atoms with Gasteiger partial charge in [-0.05, 0) is 37.2 Å². The van der Waals surface area contributed by atoms with Crippen molar-refractivity contribution in [3.05, 3.63) is 42.5 Å². The van der Waals surface area contributed by atoms with Crippen LogP contribution >= 0.6 is 0 Å². The van der Waals surface area contributed by atoms with Gasteiger partial charge in [-0.15, -0.1) is 0 Å². The predicted octanol–water partition coefficient (Wildman–Crippen LogP) is 2.30. The Kier molecular flexibility index (Phi) is 2.99.